The highest BCUT2D eigenvalue weighted by molar-refractivity contribution is 5.85. The Kier molecular flexibility index (Phi) is 6.71. The maximum absolute atomic E-state index is 13.9. The molecule has 1 N–H and O–H groups in total. The summed E-state index contributed by atoms with van der Waals surface area (Å²) in [5.74, 6) is 0.429. The van der Waals surface area contributed by atoms with Crippen molar-refractivity contribution in [2.75, 3.05) is 19.7 Å². The van der Waals surface area contributed by atoms with E-state index >= 15 is 0 Å². The van der Waals surface area contributed by atoms with Crippen LogP contribution in [-0.4, -0.2) is 45.9 Å². The van der Waals surface area contributed by atoms with E-state index < -0.39 is 0 Å². The Hall–Kier alpha value is -2.54. The molecular weight excluding hydrogens is 383 g/mol. The summed E-state index contributed by atoms with van der Waals surface area (Å²) in [4.78, 5) is 11.1. The van der Waals surface area contributed by atoms with Crippen molar-refractivity contribution in [3.8, 4) is 11.6 Å². The molecule has 1 aliphatic rings. The van der Waals surface area contributed by atoms with Crippen molar-refractivity contribution in [2.24, 2.45) is 5.41 Å². The summed E-state index contributed by atoms with van der Waals surface area (Å²) < 4.78 is 25.7. The minimum absolute atomic E-state index is 0.240. The number of aromatic nitrogens is 2. The molecular formula is C23H31FN4O2. The first-order valence-electron chi connectivity index (χ1n) is 10.3. The fourth-order valence-corrected chi connectivity index (χ4v) is 3.59. The lowest BCUT2D eigenvalue weighted by molar-refractivity contribution is 0.0916. The molecule has 0 bridgehead atoms. The minimum Gasteiger partial charge on any atom is -0.490 e. The number of hydrogen-bond acceptors (Lipinski definition) is 6. The van der Waals surface area contributed by atoms with E-state index in [1.807, 2.05) is 27.7 Å². The predicted molar refractivity (Wildman–Crippen MR) is 115 cm³/mol. The summed E-state index contributed by atoms with van der Waals surface area (Å²) in [5, 5.41) is 8.34. The van der Waals surface area contributed by atoms with E-state index in [1.165, 1.54) is 6.07 Å². The molecule has 30 heavy (non-hydrogen) atoms. The maximum Gasteiger partial charge on any atom is 0.237 e. The first-order chi connectivity index (χ1) is 14.2. The summed E-state index contributed by atoms with van der Waals surface area (Å²) in [6.07, 6.45) is 4.87. The monoisotopic (exact) mass is 414 g/mol. The predicted octanol–water partition coefficient (Wildman–Crippen LogP) is 4.49. The molecule has 0 aliphatic carbocycles. The third-order valence-corrected chi connectivity index (χ3v) is 5.46. The largest absolute Gasteiger partial charge is 0.490 e. The standard InChI is InChI=1S/C23H31FN4O2/c1-17(25)23(16-29-20-8-6-5-7-18(20)24)9-13-28(14-10-23)15-19-21(27-12-11-26-19)30-22(2,3)4/h5-8,11-12,25H,9-10,13-16H2,1-4H3. The van der Waals surface area contributed by atoms with Crippen LogP contribution in [0.4, 0.5) is 4.39 Å². The van der Waals surface area contributed by atoms with Crippen molar-refractivity contribution < 1.29 is 13.9 Å². The van der Waals surface area contributed by atoms with Gasteiger partial charge < -0.3 is 14.9 Å². The normalized spacial score (nSPS) is 16.8. The number of piperidine rings is 1. The van der Waals surface area contributed by atoms with Gasteiger partial charge in [-0.15, -0.1) is 0 Å². The second-order valence-electron chi connectivity index (χ2n) is 8.92. The van der Waals surface area contributed by atoms with Crippen molar-refractivity contribution in [2.45, 2.75) is 52.7 Å². The smallest absolute Gasteiger partial charge is 0.237 e. The van der Waals surface area contributed by atoms with Crippen molar-refractivity contribution >= 4 is 5.71 Å². The summed E-state index contributed by atoms with van der Waals surface area (Å²) in [7, 11) is 0. The Bertz CT molecular complexity index is 874. The number of benzene rings is 1. The molecule has 0 unspecified atom stereocenters. The van der Waals surface area contributed by atoms with Gasteiger partial charge in [-0.3, -0.25) is 9.88 Å². The molecule has 162 valence electrons. The molecule has 6 nitrogen and oxygen atoms in total. The van der Waals surface area contributed by atoms with Crippen molar-refractivity contribution in [1.29, 1.82) is 5.41 Å². The van der Waals surface area contributed by atoms with E-state index in [4.69, 9.17) is 14.9 Å². The second-order valence-corrected chi connectivity index (χ2v) is 8.92. The highest BCUT2D eigenvalue weighted by Gasteiger charge is 2.38. The van der Waals surface area contributed by atoms with Crippen LogP contribution >= 0.6 is 0 Å². The molecule has 2 aromatic rings. The van der Waals surface area contributed by atoms with Crippen LogP contribution in [0.3, 0.4) is 0 Å². The molecule has 0 saturated carbocycles. The number of nitrogens with one attached hydrogen (secondary N) is 1. The van der Waals surface area contributed by atoms with Gasteiger partial charge in [-0.1, -0.05) is 12.1 Å². The van der Waals surface area contributed by atoms with Gasteiger partial charge in [-0.05, 0) is 65.8 Å². The van der Waals surface area contributed by atoms with Crippen LogP contribution in [-0.2, 0) is 6.54 Å². The van der Waals surface area contributed by atoms with Crippen LogP contribution in [0.2, 0.25) is 0 Å². The molecule has 0 radical (unpaired) electrons. The summed E-state index contributed by atoms with van der Waals surface area (Å²) in [6, 6.07) is 6.41. The van der Waals surface area contributed by atoms with Gasteiger partial charge in [-0.25, -0.2) is 9.37 Å². The van der Waals surface area contributed by atoms with Crippen LogP contribution in [0.1, 0.15) is 46.2 Å². The molecule has 2 heterocycles. The number of hydrogen-bond donors (Lipinski definition) is 1. The number of ether oxygens (including phenoxy) is 2. The van der Waals surface area contributed by atoms with E-state index in [0.29, 0.717) is 24.7 Å². The number of halogens is 1. The van der Waals surface area contributed by atoms with Gasteiger partial charge in [0.1, 0.15) is 11.3 Å². The molecule has 1 aliphatic heterocycles. The quantitative estimate of drug-likeness (QED) is 0.676. The first kappa shape index (κ1) is 22.2. The molecule has 1 aromatic carbocycles. The zero-order valence-electron chi connectivity index (χ0n) is 18.2. The van der Waals surface area contributed by atoms with Crippen molar-refractivity contribution in [3.63, 3.8) is 0 Å². The average Bonchev–Trinajstić information content (AvgIpc) is 2.69. The molecule has 0 amide bonds. The summed E-state index contributed by atoms with van der Waals surface area (Å²) in [5.41, 5.74) is 0.665. The Morgan fingerprint density at radius 2 is 1.83 bits per heavy atom. The van der Waals surface area contributed by atoms with Gasteiger partial charge in [0.05, 0.1) is 6.61 Å². The van der Waals surface area contributed by atoms with Gasteiger partial charge in [0.25, 0.3) is 0 Å². The first-order valence-corrected chi connectivity index (χ1v) is 10.3. The fraction of sp³-hybridized carbons (Fsp3) is 0.522. The van der Waals surface area contributed by atoms with Crippen LogP contribution in [0.5, 0.6) is 11.6 Å². The van der Waals surface area contributed by atoms with Gasteiger partial charge in [0.2, 0.25) is 5.88 Å². The Balaban J connectivity index is 1.64. The zero-order chi connectivity index (χ0) is 21.8. The van der Waals surface area contributed by atoms with Crippen LogP contribution < -0.4 is 9.47 Å². The summed E-state index contributed by atoms with van der Waals surface area (Å²) in [6.45, 7) is 10.3. The van der Waals surface area contributed by atoms with Crippen LogP contribution in [0.25, 0.3) is 0 Å². The highest BCUT2D eigenvalue weighted by Crippen LogP contribution is 2.35. The lowest BCUT2D eigenvalue weighted by Crippen LogP contribution is -2.46. The molecule has 0 spiro atoms. The maximum atomic E-state index is 13.9. The van der Waals surface area contributed by atoms with Crippen molar-refractivity contribution in [3.05, 3.63) is 48.2 Å². The summed E-state index contributed by atoms with van der Waals surface area (Å²) >= 11 is 0. The Labute approximate surface area is 178 Å². The van der Waals surface area contributed by atoms with Gasteiger partial charge in [0.15, 0.2) is 11.6 Å². The van der Waals surface area contributed by atoms with E-state index in [0.717, 1.165) is 31.6 Å². The number of rotatable bonds is 7. The lowest BCUT2D eigenvalue weighted by Gasteiger charge is -2.41. The Morgan fingerprint density at radius 1 is 1.17 bits per heavy atom. The molecule has 1 aromatic heterocycles. The number of nitrogens with zero attached hydrogens (tertiary/aromatic N) is 3. The molecule has 0 atom stereocenters. The van der Waals surface area contributed by atoms with E-state index in [-0.39, 0.29) is 22.6 Å². The highest BCUT2D eigenvalue weighted by atomic mass is 19.1. The zero-order valence-corrected chi connectivity index (χ0v) is 18.2. The Morgan fingerprint density at radius 3 is 2.47 bits per heavy atom. The molecule has 1 saturated heterocycles. The fourth-order valence-electron chi connectivity index (χ4n) is 3.59. The molecule has 3 rings (SSSR count). The van der Waals surface area contributed by atoms with E-state index in [1.54, 1.807) is 30.6 Å². The van der Waals surface area contributed by atoms with Gasteiger partial charge in [0, 0.05) is 30.1 Å². The van der Waals surface area contributed by atoms with E-state index in [9.17, 15) is 4.39 Å². The van der Waals surface area contributed by atoms with Crippen LogP contribution in [0.15, 0.2) is 36.7 Å². The van der Waals surface area contributed by atoms with Crippen LogP contribution in [0, 0.1) is 16.6 Å². The lowest BCUT2D eigenvalue weighted by atomic mass is 9.75. The number of para-hydroxylation sites is 1. The third kappa shape index (κ3) is 5.53. The number of likely N-dealkylation sites (tertiary alicyclic amines) is 1. The van der Waals surface area contributed by atoms with Gasteiger partial charge in [-0.2, -0.15) is 0 Å². The molecule has 1 fully saturated rings. The van der Waals surface area contributed by atoms with Crippen molar-refractivity contribution in [1.82, 2.24) is 14.9 Å². The second kappa shape index (κ2) is 9.08. The SMILES string of the molecule is CC(=N)C1(COc2ccccc2F)CCN(Cc2nccnc2OC(C)(C)C)CC1. The minimum atomic E-state index is -0.383. The van der Waals surface area contributed by atoms with Gasteiger partial charge >= 0.3 is 0 Å². The topological polar surface area (TPSA) is 71.3 Å². The third-order valence-electron chi connectivity index (χ3n) is 5.46. The average molecular weight is 415 g/mol. The van der Waals surface area contributed by atoms with E-state index in [2.05, 4.69) is 14.9 Å². The molecule has 7 heteroatoms.